The van der Waals surface area contributed by atoms with Crippen LogP contribution in [0.3, 0.4) is 0 Å². The quantitative estimate of drug-likeness (QED) is 0.0446. The third kappa shape index (κ3) is 13.8. The van der Waals surface area contributed by atoms with Gasteiger partial charge in [-0.2, -0.15) is 9.27 Å². The Morgan fingerprint density at radius 3 is 2.45 bits per heavy atom. The molecule has 56 heavy (non-hydrogen) atoms. The van der Waals surface area contributed by atoms with Crippen molar-refractivity contribution in [1.82, 2.24) is 20.7 Å². The van der Waals surface area contributed by atoms with Gasteiger partial charge in [0.05, 0.1) is 12.1 Å². The predicted octanol–water partition coefficient (Wildman–Crippen LogP) is 3.66. The molecule has 1 aromatic heterocycles. The average molecular weight is 829 g/mol. The number of aromatic nitrogens is 1. The van der Waals surface area contributed by atoms with Gasteiger partial charge in [0.15, 0.2) is 11.2 Å². The number of carboxylic acids is 1. The molecule has 316 valence electrons. The number of carboxylic acid groups (broad SMARTS) is 1. The molecule has 5 unspecified atom stereocenters. The van der Waals surface area contributed by atoms with Crippen molar-refractivity contribution < 1.29 is 46.8 Å². The van der Waals surface area contributed by atoms with Crippen LogP contribution in [-0.2, 0) is 46.0 Å². The summed E-state index contributed by atoms with van der Waals surface area (Å²) in [6, 6.07) is 5.37. The maximum Gasteiger partial charge on any atom is 0.354 e. The highest BCUT2D eigenvalue weighted by atomic mass is 32.2. The summed E-state index contributed by atoms with van der Waals surface area (Å²) in [6.45, 7) is 16.4. The number of carbonyl (C=O) groups excluding carboxylic acids is 2. The topological polar surface area (TPSA) is 263 Å². The Morgan fingerprint density at radius 1 is 1.27 bits per heavy atom. The van der Waals surface area contributed by atoms with Crippen LogP contribution < -0.4 is 26.8 Å². The van der Waals surface area contributed by atoms with Gasteiger partial charge in [-0.3, -0.25) is 19.1 Å². The fourth-order valence-corrected chi connectivity index (χ4v) is 6.53. The van der Waals surface area contributed by atoms with Crippen molar-refractivity contribution in [2.24, 2.45) is 15.9 Å². The van der Waals surface area contributed by atoms with E-state index in [-0.39, 0.29) is 0 Å². The van der Waals surface area contributed by atoms with E-state index in [0.29, 0.717) is 53.4 Å². The predicted molar refractivity (Wildman–Crippen MR) is 218 cm³/mol. The van der Waals surface area contributed by atoms with Gasteiger partial charge < -0.3 is 41.5 Å². The van der Waals surface area contributed by atoms with E-state index in [1.54, 1.807) is 52.4 Å². The molecule has 2 saturated heterocycles. The van der Waals surface area contributed by atoms with Crippen LogP contribution in [0.15, 0.2) is 33.7 Å². The van der Waals surface area contributed by atoms with Crippen molar-refractivity contribution in [2.45, 2.75) is 117 Å². The first-order chi connectivity index (χ1) is 26.6. The number of carbonyl (C=O) groups is 3. The number of thiazole rings is 1. The minimum Gasteiger partial charge on any atom is -0.485 e. The number of benzene rings is 1. The Labute approximate surface area is 336 Å². The van der Waals surface area contributed by atoms with Crippen molar-refractivity contribution in [1.29, 1.82) is 0 Å². The van der Waals surface area contributed by atoms with Crippen LogP contribution >= 0.6 is 11.3 Å². The summed E-state index contributed by atoms with van der Waals surface area (Å²) in [5, 5.41) is 22.4. The maximum absolute atomic E-state index is 12.0. The van der Waals surface area contributed by atoms with E-state index < -0.39 is 46.5 Å². The van der Waals surface area contributed by atoms with Gasteiger partial charge in [0.1, 0.15) is 29.0 Å². The van der Waals surface area contributed by atoms with Gasteiger partial charge in [-0.25, -0.2) is 9.78 Å². The van der Waals surface area contributed by atoms with E-state index >= 15 is 0 Å². The molecule has 3 aliphatic rings. The molecule has 5 rings (SSSR count). The van der Waals surface area contributed by atoms with E-state index in [4.69, 9.17) is 30.3 Å². The fraction of sp³-hybridized carbons (Fsp3) is 0.611. The van der Waals surface area contributed by atoms with Gasteiger partial charge >= 0.3 is 17.3 Å². The van der Waals surface area contributed by atoms with Crippen LogP contribution in [-0.4, -0.2) is 110 Å². The molecule has 0 spiro atoms. The van der Waals surface area contributed by atoms with E-state index in [2.05, 4.69) is 30.0 Å². The molecular weight excluding hydrogens is 769 g/mol. The Balaban J connectivity index is 0.000000479. The normalized spacial score (nSPS) is 21.3. The number of hydrogen-bond acceptors (Lipinski definition) is 14. The van der Waals surface area contributed by atoms with Crippen molar-refractivity contribution in [3.05, 3.63) is 40.4 Å². The summed E-state index contributed by atoms with van der Waals surface area (Å²) in [7, 11) is 3.38. The molecule has 5 atom stereocenters. The van der Waals surface area contributed by atoms with Crippen molar-refractivity contribution in [3.8, 4) is 5.75 Å². The molecule has 2 amide bonds. The lowest BCUT2D eigenvalue weighted by molar-refractivity contribution is -0.216. The molecule has 2 aromatic rings. The van der Waals surface area contributed by atoms with Gasteiger partial charge in [-0.05, 0) is 83.7 Å². The summed E-state index contributed by atoms with van der Waals surface area (Å²) in [5.41, 5.74) is 11.7. The number of nitrogens with zero attached hydrogens (tertiary/aromatic N) is 4. The standard InChI is InChI=1S/C19H23N5O4S.C7H15NO.C6H10N2O5S.2C2H6/c1-10(13-9-29-18(21)23-13)24-28-19(2,17(25)26)15-7-5-11-8-12(16(20)22-3)4-6-14(11)27-15;1-9-6-7-4-2-3-5-8-7;1-6(2)4(7-3-9)5(10)8(6)13-14(11)12;2*1-2/h4,6,8-9,15H,5,7H2,1-3H3,(H2,20,22)(H2,21,23)(H,25,26);7-8H,2-6H2,1H3;3-4H,1-2H3,(H,7,9)(H,11,12);2*1-2H3/b24-10+;;;;. The molecule has 1 aromatic carbocycles. The van der Waals surface area contributed by atoms with Gasteiger partial charge in [-0.1, -0.05) is 39.3 Å². The number of nitrogens with one attached hydrogen (secondary N) is 2. The number of rotatable bonds is 12. The number of aryl methyl sites for hydroxylation is 1. The zero-order valence-corrected chi connectivity index (χ0v) is 35.6. The molecule has 8 N–H and O–H groups in total. The number of hydroxylamine groups is 2. The molecule has 3 aliphatic heterocycles. The first-order valence-electron chi connectivity index (χ1n) is 18.3. The number of nitrogen functional groups attached to an aromatic ring is 1. The second kappa shape index (κ2) is 24.4. The number of methoxy groups -OCH3 is 1. The number of amides is 2. The van der Waals surface area contributed by atoms with Gasteiger partial charge in [0.25, 0.3) is 11.5 Å². The molecule has 0 aliphatic carbocycles. The Hall–Kier alpha value is -4.21. The number of amidine groups is 1. The number of β-lactam (4-membered cyclic amide) rings is 1. The Kier molecular flexibility index (Phi) is 21.7. The highest BCUT2D eigenvalue weighted by molar-refractivity contribution is 7.74. The van der Waals surface area contributed by atoms with Crippen molar-refractivity contribution in [2.75, 3.05) is 33.0 Å². The number of oxime groups is 1. The second-order valence-corrected chi connectivity index (χ2v) is 14.2. The largest absolute Gasteiger partial charge is 0.485 e. The monoisotopic (exact) mass is 828 g/mol. The molecule has 20 heteroatoms. The molecule has 4 heterocycles. The van der Waals surface area contributed by atoms with Crippen LogP contribution in [0.25, 0.3) is 0 Å². The van der Waals surface area contributed by atoms with E-state index in [0.717, 1.165) is 22.8 Å². The molecule has 0 bridgehead atoms. The lowest BCUT2D eigenvalue weighted by Crippen LogP contribution is -2.75. The molecule has 0 radical (unpaired) electrons. The van der Waals surface area contributed by atoms with E-state index in [1.807, 2.05) is 33.8 Å². The number of ether oxygens (including phenoxy) is 2. The fourth-order valence-electron chi connectivity index (χ4n) is 5.53. The first-order valence-corrected chi connectivity index (χ1v) is 20.2. The molecule has 0 saturated carbocycles. The van der Waals surface area contributed by atoms with E-state index in [1.165, 1.54) is 44.1 Å². The molecule has 18 nitrogen and oxygen atoms in total. The van der Waals surface area contributed by atoms with Crippen LogP contribution in [0.1, 0.15) is 97.9 Å². The Bertz CT molecular complexity index is 1630. The zero-order valence-electron chi connectivity index (χ0n) is 34.0. The smallest absolute Gasteiger partial charge is 0.354 e. The number of piperidine rings is 1. The second-order valence-electron chi connectivity index (χ2n) is 12.7. The summed E-state index contributed by atoms with van der Waals surface area (Å²) in [4.78, 5) is 47.0. The maximum atomic E-state index is 12.0. The lowest BCUT2D eigenvalue weighted by Gasteiger charge is -2.50. The van der Waals surface area contributed by atoms with E-state index in [9.17, 15) is 23.7 Å². The van der Waals surface area contributed by atoms with Crippen LogP contribution in [0.4, 0.5) is 5.13 Å². The number of nitrogens with two attached hydrogens (primary N) is 2. The lowest BCUT2D eigenvalue weighted by atomic mass is 9.85. The third-order valence-electron chi connectivity index (χ3n) is 8.68. The number of fused-ring (bicyclic) bond motifs is 1. The van der Waals surface area contributed by atoms with Crippen LogP contribution in [0.2, 0.25) is 0 Å². The summed E-state index contributed by atoms with van der Waals surface area (Å²) in [5.74, 6) is -0.692. The van der Waals surface area contributed by atoms with Gasteiger partial charge in [0.2, 0.25) is 6.41 Å². The van der Waals surface area contributed by atoms with Crippen molar-refractivity contribution >= 4 is 57.7 Å². The number of aliphatic imine (C=N–C) groups is 1. The average Bonchev–Trinajstić information content (AvgIpc) is 3.65. The minimum absolute atomic E-state index is 0.399. The molecule has 2 fully saturated rings. The minimum atomic E-state index is -2.54. The zero-order chi connectivity index (χ0) is 42.6. The third-order valence-corrected chi connectivity index (χ3v) is 9.63. The number of aliphatic carboxylic acids is 1. The first kappa shape index (κ1) is 49.8. The number of anilines is 1. The van der Waals surface area contributed by atoms with Gasteiger partial charge in [-0.15, -0.1) is 15.6 Å². The van der Waals surface area contributed by atoms with Crippen molar-refractivity contribution in [3.63, 3.8) is 0 Å². The summed E-state index contributed by atoms with van der Waals surface area (Å²) < 4.78 is 34.1. The van der Waals surface area contributed by atoms with Crippen LogP contribution in [0, 0.1) is 0 Å². The highest BCUT2D eigenvalue weighted by Crippen LogP contribution is 2.35. The highest BCUT2D eigenvalue weighted by Gasteiger charge is 2.56. The summed E-state index contributed by atoms with van der Waals surface area (Å²) in [6.07, 6.45) is 4.71. The van der Waals surface area contributed by atoms with Crippen LogP contribution in [0.5, 0.6) is 5.75 Å². The SMILES string of the molecule is CC.CC.CC1(C)C(NC=O)C(=O)N1OS(=O)O.CN=C(N)c1ccc2c(c1)CCC(C(C)(O/N=C(\C)c1csc(N)n1)C(=O)O)O2.COCC1CCCCN1. The van der Waals surface area contributed by atoms with Gasteiger partial charge in [0, 0.05) is 31.1 Å². The number of hydrogen-bond donors (Lipinski definition) is 6. The Morgan fingerprint density at radius 2 is 1.95 bits per heavy atom. The summed E-state index contributed by atoms with van der Waals surface area (Å²) >= 11 is -1.27. The molecular formula is C36H60N8O10S2.